The second-order valence-corrected chi connectivity index (χ2v) is 5.46. The number of nitrogens with one attached hydrogen (secondary N) is 2. The Labute approximate surface area is 157 Å². The van der Waals surface area contributed by atoms with Crippen molar-refractivity contribution in [2.45, 2.75) is 0 Å². The molecule has 0 atom stereocenters. The minimum Gasteiger partial charge on any atom is -0.493 e. The Morgan fingerprint density at radius 2 is 1.88 bits per heavy atom. The molecule has 2 aromatic carbocycles. The van der Waals surface area contributed by atoms with Crippen LogP contribution in [0, 0.1) is 11.3 Å². The Morgan fingerprint density at radius 3 is 2.58 bits per heavy atom. The molecule has 2 N–H and O–H groups in total. The summed E-state index contributed by atoms with van der Waals surface area (Å²) in [5, 5.41) is 14.5. The molecule has 6 nitrogen and oxygen atoms in total. The summed E-state index contributed by atoms with van der Waals surface area (Å²) >= 11 is 5.10. The second-order valence-electron chi connectivity index (χ2n) is 5.05. The zero-order valence-electron chi connectivity index (χ0n) is 14.3. The highest BCUT2D eigenvalue weighted by molar-refractivity contribution is 7.80. The number of amides is 1. The van der Waals surface area contributed by atoms with Crippen LogP contribution in [0.4, 0.5) is 5.69 Å². The van der Waals surface area contributed by atoms with Crippen LogP contribution in [0.3, 0.4) is 0 Å². The Balaban J connectivity index is 1.99. The lowest BCUT2D eigenvalue weighted by Gasteiger charge is -2.09. The number of nitrogens with zero attached hydrogens (tertiary/aromatic N) is 1. The van der Waals surface area contributed by atoms with E-state index in [9.17, 15) is 4.79 Å². The molecule has 0 saturated carbocycles. The number of thiocarbonyl (C=S) groups is 1. The fourth-order valence-electron chi connectivity index (χ4n) is 2.13. The van der Waals surface area contributed by atoms with Gasteiger partial charge >= 0.3 is 0 Å². The summed E-state index contributed by atoms with van der Waals surface area (Å²) in [6.07, 6.45) is 2.98. The van der Waals surface area contributed by atoms with Gasteiger partial charge in [-0.15, -0.1) is 0 Å². The highest BCUT2D eigenvalue weighted by atomic mass is 32.1. The number of hydrogen-bond acceptors (Lipinski definition) is 5. The molecule has 132 valence electrons. The molecule has 2 aromatic rings. The Morgan fingerprint density at radius 1 is 1.15 bits per heavy atom. The SMILES string of the molecule is COc1ccc(/C=C/C(=O)NC(=S)Nc2ccccc2C#N)cc1OC. The number of carbonyl (C=O) groups excluding carboxylic acids is 1. The number of ether oxygens (including phenoxy) is 2. The highest BCUT2D eigenvalue weighted by Crippen LogP contribution is 2.27. The summed E-state index contributed by atoms with van der Waals surface area (Å²) in [6.45, 7) is 0. The number of carbonyl (C=O) groups is 1. The molecular weight excluding hydrogens is 350 g/mol. The number of anilines is 1. The first-order chi connectivity index (χ1) is 12.6. The van der Waals surface area contributed by atoms with Gasteiger partial charge in [0.1, 0.15) is 6.07 Å². The van der Waals surface area contributed by atoms with Gasteiger partial charge in [0.2, 0.25) is 5.91 Å². The number of para-hydroxylation sites is 1. The molecule has 0 radical (unpaired) electrons. The van der Waals surface area contributed by atoms with E-state index in [1.807, 2.05) is 0 Å². The van der Waals surface area contributed by atoms with Crippen molar-refractivity contribution in [3.8, 4) is 17.6 Å². The number of methoxy groups -OCH3 is 2. The molecule has 2 rings (SSSR count). The molecule has 0 aliphatic carbocycles. The quantitative estimate of drug-likeness (QED) is 0.624. The summed E-state index contributed by atoms with van der Waals surface area (Å²) in [5.74, 6) is 0.780. The fourth-order valence-corrected chi connectivity index (χ4v) is 2.34. The number of benzene rings is 2. The van der Waals surface area contributed by atoms with Gasteiger partial charge in [-0.3, -0.25) is 10.1 Å². The number of rotatable bonds is 5. The predicted molar refractivity (Wildman–Crippen MR) is 104 cm³/mol. The van der Waals surface area contributed by atoms with Crippen molar-refractivity contribution < 1.29 is 14.3 Å². The van der Waals surface area contributed by atoms with Crippen molar-refractivity contribution in [3.05, 3.63) is 59.7 Å². The van der Waals surface area contributed by atoms with Gasteiger partial charge in [-0.1, -0.05) is 18.2 Å². The van der Waals surface area contributed by atoms with Crippen molar-refractivity contribution in [1.29, 1.82) is 5.26 Å². The third kappa shape index (κ3) is 5.06. The van der Waals surface area contributed by atoms with Crippen LogP contribution < -0.4 is 20.1 Å². The van der Waals surface area contributed by atoms with Crippen LogP contribution in [0.25, 0.3) is 6.08 Å². The van der Waals surface area contributed by atoms with Crippen LogP contribution in [-0.4, -0.2) is 25.2 Å². The molecule has 0 bridgehead atoms. The van der Waals surface area contributed by atoms with Crippen molar-refractivity contribution in [2.75, 3.05) is 19.5 Å². The van der Waals surface area contributed by atoms with E-state index in [2.05, 4.69) is 16.7 Å². The molecule has 0 saturated heterocycles. The summed E-state index contributed by atoms with van der Waals surface area (Å²) in [4.78, 5) is 12.0. The predicted octanol–water partition coefficient (Wildman–Crippen LogP) is 3.10. The van der Waals surface area contributed by atoms with Gasteiger partial charge in [-0.2, -0.15) is 5.26 Å². The monoisotopic (exact) mass is 367 g/mol. The van der Waals surface area contributed by atoms with Crippen molar-refractivity contribution in [2.24, 2.45) is 0 Å². The summed E-state index contributed by atoms with van der Waals surface area (Å²) in [7, 11) is 3.10. The van der Waals surface area contributed by atoms with E-state index in [0.717, 1.165) is 5.56 Å². The van der Waals surface area contributed by atoms with Gasteiger partial charge in [-0.05, 0) is 48.1 Å². The van der Waals surface area contributed by atoms with E-state index >= 15 is 0 Å². The molecule has 7 heteroatoms. The average molecular weight is 367 g/mol. The van der Waals surface area contributed by atoms with Crippen LogP contribution in [0.15, 0.2) is 48.5 Å². The van der Waals surface area contributed by atoms with Crippen LogP contribution in [0.5, 0.6) is 11.5 Å². The van der Waals surface area contributed by atoms with Crippen LogP contribution >= 0.6 is 12.2 Å². The summed E-state index contributed by atoms with van der Waals surface area (Å²) < 4.78 is 10.4. The van der Waals surface area contributed by atoms with Crippen LogP contribution in [0.1, 0.15) is 11.1 Å². The van der Waals surface area contributed by atoms with Crippen molar-refractivity contribution in [3.63, 3.8) is 0 Å². The molecule has 0 heterocycles. The highest BCUT2D eigenvalue weighted by Gasteiger charge is 2.06. The Kier molecular flexibility index (Phi) is 6.71. The summed E-state index contributed by atoms with van der Waals surface area (Å²) in [6, 6.07) is 14.2. The van der Waals surface area contributed by atoms with Crippen molar-refractivity contribution in [1.82, 2.24) is 5.32 Å². The fraction of sp³-hybridized carbons (Fsp3) is 0.105. The normalized spacial score (nSPS) is 10.0. The van der Waals surface area contributed by atoms with E-state index in [1.54, 1.807) is 62.8 Å². The third-order valence-corrected chi connectivity index (χ3v) is 3.57. The Hall–Kier alpha value is -3.37. The molecule has 0 aliphatic rings. The molecule has 0 aromatic heterocycles. The minimum atomic E-state index is -0.397. The molecule has 0 unspecified atom stereocenters. The van der Waals surface area contributed by atoms with Crippen molar-refractivity contribution >= 4 is 35.0 Å². The largest absolute Gasteiger partial charge is 0.493 e. The minimum absolute atomic E-state index is 0.106. The van der Waals surface area contributed by atoms with E-state index in [0.29, 0.717) is 22.7 Å². The Bertz CT molecular complexity index is 888. The molecule has 26 heavy (non-hydrogen) atoms. The number of nitriles is 1. The maximum Gasteiger partial charge on any atom is 0.250 e. The lowest BCUT2D eigenvalue weighted by atomic mass is 10.2. The standard InChI is InChI=1S/C19H17N3O3S/c1-24-16-9-7-13(11-17(16)25-2)8-10-18(23)22-19(26)21-15-6-4-3-5-14(15)12-20/h3-11H,1-2H3,(H2,21,22,23,26)/b10-8+. The first kappa shape index (κ1) is 19.0. The average Bonchev–Trinajstić information content (AvgIpc) is 2.66. The maximum absolute atomic E-state index is 12.0. The van der Waals surface area contributed by atoms with E-state index in [1.165, 1.54) is 6.08 Å². The van der Waals surface area contributed by atoms with Gasteiger partial charge in [-0.25, -0.2) is 0 Å². The molecule has 1 amide bonds. The lowest BCUT2D eigenvalue weighted by Crippen LogP contribution is -2.33. The van der Waals surface area contributed by atoms with Gasteiger partial charge in [0.05, 0.1) is 25.5 Å². The smallest absolute Gasteiger partial charge is 0.250 e. The maximum atomic E-state index is 12.0. The second kappa shape index (κ2) is 9.20. The molecule has 0 spiro atoms. The molecular formula is C19H17N3O3S. The van der Waals surface area contributed by atoms with Crippen LogP contribution in [-0.2, 0) is 4.79 Å². The van der Waals surface area contributed by atoms with Gasteiger partial charge < -0.3 is 14.8 Å². The zero-order chi connectivity index (χ0) is 18.9. The first-order valence-electron chi connectivity index (χ1n) is 7.58. The molecule has 0 aliphatic heterocycles. The van der Waals surface area contributed by atoms with E-state index < -0.39 is 5.91 Å². The summed E-state index contributed by atoms with van der Waals surface area (Å²) in [5.41, 5.74) is 1.74. The van der Waals surface area contributed by atoms with Gasteiger partial charge in [0, 0.05) is 6.08 Å². The third-order valence-electron chi connectivity index (χ3n) is 3.37. The zero-order valence-corrected chi connectivity index (χ0v) is 15.1. The van der Waals surface area contributed by atoms with E-state index in [-0.39, 0.29) is 5.11 Å². The van der Waals surface area contributed by atoms with Gasteiger partial charge in [0.15, 0.2) is 16.6 Å². The number of hydrogen-bond donors (Lipinski definition) is 2. The lowest BCUT2D eigenvalue weighted by molar-refractivity contribution is -0.115. The first-order valence-corrected chi connectivity index (χ1v) is 7.99. The van der Waals surface area contributed by atoms with E-state index in [4.69, 9.17) is 27.0 Å². The topological polar surface area (TPSA) is 83.4 Å². The molecule has 0 fully saturated rings. The van der Waals surface area contributed by atoms with Crippen LogP contribution in [0.2, 0.25) is 0 Å². The van der Waals surface area contributed by atoms with Gasteiger partial charge in [0.25, 0.3) is 0 Å².